The molecule has 0 saturated heterocycles. The molecule has 0 aromatic heterocycles. The van der Waals surface area contributed by atoms with E-state index in [4.69, 9.17) is 14.5 Å². The number of hydrogen-bond acceptors (Lipinski definition) is 3. The molecule has 0 heterocycles. The van der Waals surface area contributed by atoms with Crippen molar-refractivity contribution in [1.29, 1.82) is 0 Å². The number of phosphoric acid groups is 1. The predicted molar refractivity (Wildman–Crippen MR) is 87.5 cm³/mol. The second-order valence-electron chi connectivity index (χ2n) is 5.10. The molecule has 0 aliphatic carbocycles. The minimum absolute atomic E-state index is 0. The van der Waals surface area contributed by atoms with Gasteiger partial charge in [-0.1, -0.05) is 58.3 Å². The monoisotopic (exact) mass is 350 g/mol. The van der Waals surface area contributed by atoms with Crippen LogP contribution >= 0.6 is 7.82 Å². The zero-order valence-corrected chi connectivity index (χ0v) is 13.8. The van der Waals surface area contributed by atoms with Gasteiger partial charge < -0.3 is 14.5 Å². The molecule has 1 unspecified atom stereocenters. The number of rotatable bonds is 14. The second-order valence-corrected chi connectivity index (χ2v) is 6.29. The van der Waals surface area contributed by atoms with Crippen molar-refractivity contribution < 1.29 is 23.6 Å². The van der Waals surface area contributed by atoms with Crippen molar-refractivity contribution in [2.45, 2.75) is 84.3 Å². The van der Waals surface area contributed by atoms with E-state index >= 15 is 0 Å². The molecule has 0 bridgehead atoms. The predicted octanol–water partition coefficient (Wildman–Crippen LogP) is 3.73. The van der Waals surface area contributed by atoms with E-state index in [9.17, 15) is 4.57 Å². The summed E-state index contributed by atoms with van der Waals surface area (Å²) in [5, 5.41) is 0. The minimum atomic E-state index is -4.45. The number of unbranched alkanes of at least 4 members (excludes halogenated alkanes) is 8. The fourth-order valence-electron chi connectivity index (χ4n) is 2.13. The fraction of sp³-hybridized carbons (Fsp3) is 1.00. The summed E-state index contributed by atoms with van der Waals surface area (Å²) < 4.78 is 20.5. The summed E-state index contributed by atoms with van der Waals surface area (Å²) in [6, 6.07) is 0. The van der Waals surface area contributed by atoms with Crippen LogP contribution in [0.5, 0.6) is 0 Å². The molecule has 0 radical (unpaired) electrons. The molecule has 0 fully saturated rings. The summed E-state index contributed by atoms with van der Waals surface area (Å²) in [4.78, 5) is 17.5. The van der Waals surface area contributed by atoms with Gasteiger partial charge in [-0.2, -0.15) is 0 Å². The zero-order valence-electron chi connectivity index (χ0n) is 12.9. The summed E-state index contributed by atoms with van der Waals surface area (Å²) in [6.07, 6.45) is 10.6. The number of phosphoric ester groups is 1. The fourth-order valence-corrected chi connectivity index (χ4v) is 2.60. The molecule has 0 aliphatic rings. The summed E-state index contributed by atoms with van der Waals surface area (Å²) in [7, 11) is -4.45. The molecule has 2 N–H and O–H groups in total. The normalized spacial score (nSPS) is 13.0. The van der Waals surface area contributed by atoms with Crippen LogP contribution in [-0.4, -0.2) is 74.1 Å². The van der Waals surface area contributed by atoms with Crippen molar-refractivity contribution in [3.05, 3.63) is 0 Å². The van der Waals surface area contributed by atoms with Crippen molar-refractivity contribution >= 4 is 59.2 Å². The molecular weight excluding hydrogens is 318 g/mol. The van der Waals surface area contributed by atoms with E-state index in [0.29, 0.717) is 13.0 Å². The molecule has 0 aromatic rings. The van der Waals surface area contributed by atoms with E-state index in [1.165, 1.54) is 44.9 Å². The van der Waals surface area contributed by atoms with E-state index in [2.05, 4.69) is 11.4 Å². The Morgan fingerprint density at radius 2 is 1.38 bits per heavy atom. The van der Waals surface area contributed by atoms with Gasteiger partial charge in [0.05, 0.1) is 0 Å². The van der Waals surface area contributed by atoms with Gasteiger partial charge >= 0.3 is 59.2 Å². The van der Waals surface area contributed by atoms with Gasteiger partial charge in [0, 0.05) is 6.61 Å². The molecule has 7 heteroatoms. The van der Waals surface area contributed by atoms with E-state index in [-0.39, 0.29) is 51.4 Å². The van der Waals surface area contributed by atoms with Gasteiger partial charge in [-0.3, -0.25) is 4.52 Å². The molecule has 0 aliphatic heterocycles. The van der Waals surface area contributed by atoms with Crippen LogP contribution < -0.4 is 0 Å². The van der Waals surface area contributed by atoms with Crippen molar-refractivity contribution in [3.8, 4) is 0 Å². The Morgan fingerprint density at radius 1 is 0.905 bits per heavy atom. The van der Waals surface area contributed by atoms with Crippen LogP contribution in [0, 0.1) is 0 Å². The quantitative estimate of drug-likeness (QED) is 0.216. The second kappa shape index (κ2) is 16.6. The van der Waals surface area contributed by atoms with Crippen LogP contribution in [0.3, 0.4) is 0 Å². The van der Waals surface area contributed by atoms with Crippen molar-refractivity contribution in [2.24, 2.45) is 0 Å². The van der Waals surface area contributed by atoms with Crippen molar-refractivity contribution in [1.82, 2.24) is 0 Å². The molecule has 0 spiro atoms. The van der Waals surface area contributed by atoms with Crippen LogP contribution in [0.15, 0.2) is 0 Å². The maximum atomic E-state index is 10.8. The number of ether oxygens (including phenoxy) is 1. The molecule has 5 nitrogen and oxygen atoms in total. The average molecular weight is 350 g/mol. The first-order valence-electron chi connectivity index (χ1n) is 7.85. The third-order valence-electron chi connectivity index (χ3n) is 3.15. The van der Waals surface area contributed by atoms with Gasteiger partial charge in [0.15, 0.2) is 6.29 Å². The number of hydrogen-bond donors (Lipinski definition) is 2. The van der Waals surface area contributed by atoms with E-state index < -0.39 is 14.1 Å². The standard InChI is InChI=1S/C14H31O5P.K.H/c1-3-5-6-7-8-9-10-11-12-13-14(18-4-2)19-20(15,16)17;;/h14H,3-13H2,1-2H3,(H2,15,16,17);;. The Morgan fingerprint density at radius 3 is 1.81 bits per heavy atom. The van der Waals surface area contributed by atoms with E-state index in [1.54, 1.807) is 6.92 Å². The van der Waals surface area contributed by atoms with Crippen molar-refractivity contribution in [2.75, 3.05) is 6.61 Å². The Kier molecular flexibility index (Phi) is 19.7. The Bertz CT molecular complexity index is 260. The third kappa shape index (κ3) is 19.7. The van der Waals surface area contributed by atoms with Crippen LogP contribution in [0.25, 0.3) is 0 Å². The first kappa shape index (κ1) is 25.0. The molecule has 0 amide bonds. The van der Waals surface area contributed by atoms with Gasteiger partial charge in [0.1, 0.15) is 0 Å². The Balaban J connectivity index is 0. The first-order valence-corrected chi connectivity index (χ1v) is 9.38. The van der Waals surface area contributed by atoms with Crippen LogP contribution in [-0.2, 0) is 13.8 Å². The zero-order chi connectivity index (χ0) is 15.3. The maximum absolute atomic E-state index is 10.8. The third-order valence-corrected chi connectivity index (χ3v) is 3.66. The molecular formula is C14H32KO5P. The van der Waals surface area contributed by atoms with Gasteiger partial charge in [0.2, 0.25) is 0 Å². The Hall–Kier alpha value is 1.71. The Labute approximate surface area is 172 Å². The summed E-state index contributed by atoms with van der Waals surface area (Å²) in [5.41, 5.74) is 0. The van der Waals surface area contributed by atoms with Crippen LogP contribution in [0.4, 0.5) is 0 Å². The van der Waals surface area contributed by atoms with E-state index in [0.717, 1.165) is 12.8 Å². The van der Waals surface area contributed by atoms with Crippen LogP contribution in [0.1, 0.15) is 78.1 Å². The van der Waals surface area contributed by atoms with Gasteiger partial charge in [0.25, 0.3) is 0 Å². The van der Waals surface area contributed by atoms with E-state index in [1.807, 2.05) is 0 Å². The average Bonchev–Trinajstić information content (AvgIpc) is 2.35. The molecule has 124 valence electrons. The first-order chi connectivity index (χ1) is 9.49. The van der Waals surface area contributed by atoms with Gasteiger partial charge in [-0.05, 0) is 19.8 Å². The molecule has 1 atom stereocenters. The molecule has 0 saturated carbocycles. The molecule has 21 heavy (non-hydrogen) atoms. The van der Waals surface area contributed by atoms with Gasteiger partial charge in [-0.15, -0.1) is 0 Å². The SMILES string of the molecule is CCCCCCCCCCCC(OCC)OP(=O)(O)O.[KH]. The topological polar surface area (TPSA) is 76.0 Å². The summed E-state index contributed by atoms with van der Waals surface area (Å²) >= 11 is 0. The van der Waals surface area contributed by atoms with Crippen molar-refractivity contribution in [3.63, 3.8) is 0 Å². The summed E-state index contributed by atoms with van der Waals surface area (Å²) in [6.45, 7) is 4.39. The molecule has 0 rings (SSSR count). The molecule has 0 aromatic carbocycles. The van der Waals surface area contributed by atoms with Gasteiger partial charge in [-0.25, -0.2) is 4.57 Å². The van der Waals surface area contributed by atoms with Crippen LogP contribution in [0.2, 0.25) is 0 Å². The summed E-state index contributed by atoms with van der Waals surface area (Å²) in [5.74, 6) is 0.